The molecule has 5 heteroatoms. The van der Waals surface area contributed by atoms with Crippen LogP contribution in [0, 0.1) is 5.82 Å². The number of rotatable bonds is 3. The minimum Gasteiger partial charge on any atom is -0.396 e. The first-order valence-electron chi connectivity index (χ1n) is 6.06. The van der Waals surface area contributed by atoms with Gasteiger partial charge in [-0.15, -0.1) is 0 Å². The van der Waals surface area contributed by atoms with Gasteiger partial charge in [-0.2, -0.15) is 0 Å². The number of nitrogens with zero attached hydrogens (tertiary/aromatic N) is 1. The van der Waals surface area contributed by atoms with Crippen LogP contribution >= 0.6 is 0 Å². The van der Waals surface area contributed by atoms with E-state index in [4.69, 9.17) is 10.6 Å². The molecule has 0 radical (unpaired) electrons. The first kappa shape index (κ1) is 12.2. The summed E-state index contributed by atoms with van der Waals surface area (Å²) in [7, 11) is 0. The summed E-state index contributed by atoms with van der Waals surface area (Å²) in [4.78, 5) is 9.70. The van der Waals surface area contributed by atoms with Crippen molar-refractivity contribution in [1.82, 2.24) is 4.98 Å². The monoisotopic (exact) mass is 269 g/mol. The van der Waals surface area contributed by atoms with Crippen LogP contribution in [0.1, 0.15) is 0 Å². The summed E-state index contributed by atoms with van der Waals surface area (Å²) in [6, 6.07) is 13.5. The number of nitrogens with two attached hydrogens (primary N) is 1. The average Bonchev–Trinajstić information content (AvgIpc) is 2.46. The van der Waals surface area contributed by atoms with Crippen LogP contribution in [0.15, 0.2) is 54.7 Å². The Labute approximate surface area is 115 Å². The summed E-state index contributed by atoms with van der Waals surface area (Å²) >= 11 is 0. The van der Waals surface area contributed by atoms with E-state index >= 15 is 0 Å². The molecule has 100 valence electrons. The van der Waals surface area contributed by atoms with Gasteiger partial charge in [0.25, 0.3) is 0 Å². The van der Waals surface area contributed by atoms with Crippen molar-refractivity contribution in [3.05, 3.63) is 60.5 Å². The Kier molecular flexibility index (Phi) is 3.09. The molecule has 0 aliphatic rings. The molecule has 4 nitrogen and oxygen atoms in total. The topological polar surface area (TPSA) is 60.2 Å². The zero-order chi connectivity index (χ0) is 13.9. The molecule has 0 amide bonds. The Bertz CT molecular complexity index is 756. The fraction of sp³-hybridized carbons (Fsp3) is 0. The lowest BCUT2D eigenvalue weighted by Crippen LogP contribution is -2.07. The second-order valence-electron chi connectivity index (χ2n) is 4.27. The summed E-state index contributed by atoms with van der Waals surface area (Å²) in [6.07, 6.45) is 1.71. The van der Waals surface area contributed by atoms with Crippen LogP contribution < -0.4 is 16.1 Å². The molecule has 0 atom stereocenters. The summed E-state index contributed by atoms with van der Waals surface area (Å²) in [5.41, 5.74) is 10.2. The number of hydrogen-bond acceptors (Lipinski definition) is 4. The van der Waals surface area contributed by atoms with Gasteiger partial charge in [0.15, 0.2) is 5.75 Å². The number of nitrogen functional groups attached to an aromatic ring is 1. The van der Waals surface area contributed by atoms with Crippen molar-refractivity contribution in [1.29, 1.82) is 0 Å². The highest BCUT2D eigenvalue weighted by Crippen LogP contribution is 2.25. The fourth-order valence-electron chi connectivity index (χ4n) is 1.91. The molecule has 0 unspecified atom stereocenters. The highest BCUT2D eigenvalue weighted by molar-refractivity contribution is 5.89. The van der Waals surface area contributed by atoms with Crippen LogP contribution in [0.2, 0.25) is 0 Å². The second-order valence-corrected chi connectivity index (χ2v) is 4.27. The third-order valence-corrected chi connectivity index (χ3v) is 2.88. The normalized spacial score (nSPS) is 10.4. The van der Waals surface area contributed by atoms with E-state index in [9.17, 15) is 4.39 Å². The summed E-state index contributed by atoms with van der Waals surface area (Å²) in [5, 5.41) is 0.994. The van der Waals surface area contributed by atoms with Crippen LogP contribution in [-0.4, -0.2) is 4.98 Å². The third kappa shape index (κ3) is 2.33. The van der Waals surface area contributed by atoms with Gasteiger partial charge in [-0.3, -0.25) is 4.98 Å². The molecule has 0 bridgehead atoms. The minimum absolute atomic E-state index is 0.227. The van der Waals surface area contributed by atoms with E-state index in [2.05, 4.69) is 10.5 Å². The minimum atomic E-state index is -0.401. The van der Waals surface area contributed by atoms with Gasteiger partial charge < -0.3 is 10.6 Å². The molecule has 0 fully saturated rings. The Morgan fingerprint density at radius 3 is 2.80 bits per heavy atom. The zero-order valence-corrected chi connectivity index (χ0v) is 10.5. The van der Waals surface area contributed by atoms with Crippen molar-refractivity contribution in [3.8, 4) is 5.75 Å². The van der Waals surface area contributed by atoms with Gasteiger partial charge in [-0.25, -0.2) is 9.87 Å². The van der Waals surface area contributed by atoms with E-state index in [1.807, 2.05) is 30.3 Å². The van der Waals surface area contributed by atoms with E-state index in [1.165, 1.54) is 18.2 Å². The van der Waals surface area contributed by atoms with E-state index in [1.54, 1.807) is 6.20 Å². The van der Waals surface area contributed by atoms with Crippen molar-refractivity contribution in [2.45, 2.75) is 0 Å². The standard InChI is InChI=1S/C15H12FN3O/c16-11-6-7-14(12(17)9-11)20-19-13-5-1-3-10-4-2-8-18-15(10)13/h1-9,19H,17H2. The number of fused-ring (bicyclic) bond motifs is 1. The number of pyridine rings is 1. The maximum atomic E-state index is 13.0. The second kappa shape index (κ2) is 5.05. The highest BCUT2D eigenvalue weighted by atomic mass is 19.1. The van der Waals surface area contributed by atoms with Crippen molar-refractivity contribution in [2.75, 3.05) is 11.2 Å². The molecule has 3 aromatic rings. The highest BCUT2D eigenvalue weighted by Gasteiger charge is 2.05. The summed E-state index contributed by atoms with van der Waals surface area (Å²) in [5.74, 6) is -0.0407. The molecule has 0 aliphatic carbocycles. The molecule has 3 N–H and O–H groups in total. The number of nitrogens with one attached hydrogen (secondary N) is 1. The van der Waals surface area contributed by atoms with Crippen molar-refractivity contribution >= 4 is 22.3 Å². The van der Waals surface area contributed by atoms with Gasteiger partial charge in [0.2, 0.25) is 0 Å². The summed E-state index contributed by atoms with van der Waals surface area (Å²) in [6.45, 7) is 0. The molecule has 0 spiro atoms. The number of para-hydroxylation sites is 1. The van der Waals surface area contributed by atoms with Gasteiger partial charge in [0, 0.05) is 17.6 Å². The zero-order valence-electron chi connectivity index (χ0n) is 10.5. The van der Waals surface area contributed by atoms with E-state index < -0.39 is 5.82 Å². The number of aromatic nitrogens is 1. The average molecular weight is 269 g/mol. The number of hydrogen-bond donors (Lipinski definition) is 2. The molecular formula is C15H12FN3O. The van der Waals surface area contributed by atoms with Crippen molar-refractivity contribution < 1.29 is 9.23 Å². The number of benzene rings is 2. The fourth-order valence-corrected chi connectivity index (χ4v) is 1.91. The quantitative estimate of drug-likeness (QED) is 0.565. The lowest BCUT2D eigenvalue weighted by atomic mass is 10.2. The van der Waals surface area contributed by atoms with Gasteiger partial charge in [0.05, 0.1) is 16.9 Å². The molecule has 20 heavy (non-hydrogen) atoms. The molecule has 3 rings (SSSR count). The van der Waals surface area contributed by atoms with E-state index in [0.717, 1.165) is 10.9 Å². The predicted molar refractivity (Wildman–Crippen MR) is 76.8 cm³/mol. The van der Waals surface area contributed by atoms with Gasteiger partial charge in [-0.1, -0.05) is 18.2 Å². The molecule has 1 aromatic heterocycles. The Hall–Kier alpha value is -2.82. The maximum Gasteiger partial charge on any atom is 0.178 e. The van der Waals surface area contributed by atoms with Crippen LogP contribution in [0.3, 0.4) is 0 Å². The molecule has 0 saturated heterocycles. The Balaban J connectivity index is 1.87. The van der Waals surface area contributed by atoms with Gasteiger partial charge in [-0.05, 0) is 24.3 Å². The molecule has 0 saturated carbocycles. The molecular weight excluding hydrogens is 257 g/mol. The van der Waals surface area contributed by atoms with Crippen molar-refractivity contribution in [2.24, 2.45) is 0 Å². The number of halogens is 1. The van der Waals surface area contributed by atoms with Crippen LogP contribution in [0.25, 0.3) is 10.9 Å². The van der Waals surface area contributed by atoms with Crippen molar-refractivity contribution in [3.63, 3.8) is 0 Å². The molecule has 2 aromatic carbocycles. The Morgan fingerprint density at radius 2 is 1.95 bits per heavy atom. The maximum absolute atomic E-state index is 13.0. The first-order chi connectivity index (χ1) is 9.74. The first-order valence-corrected chi connectivity index (χ1v) is 6.06. The lowest BCUT2D eigenvalue weighted by molar-refractivity contribution is 0.407. The molecule has 1 heterocycles. The lowest BCUT2D eigenvalue weighted by Gasteiger charge is -2.11. The van der Waals surface area contributed by atoms with Gasteiger partial charge in [0.1, 0.15) is 5.82 Å². The summed E-state index contributed by atoms with van der Waals surface area (Å²) < 4.78 is 13.0. The smallest absolute Gasteiger partial charge is 0.178 e. The van der Waals surface area contributed by atoms with Gasteiger partial charge >= 0.3 is 0 Å². The van der Waals surface area contributed by atoms with Crippen LogP contribution in [0.5, 0.6) is 5.75 Å². The molecule has 0 aliphatic heterocycles. The van der Waals surface area contributed by atoms with E-state index in [-0.39, 0.29) is 5.69 Å². The SMILES string of the molecule is Nc1cc(F)ccc1ONc1cccc2cccnc12. The third-order valence-electron chi connectivity index (χ3n) is 2.88. The van der Waals surface area contributed by atoms with Crippen LogP contribution in [-0.2, 0) is 0 Å². The predicted octanol–water partition coefficient (Wildman–Crippen LogP) is 3.36. The van der Waals surface area contributed by atoms with E-state index in [0.29, 0.717) is 11.4 Å². The van der Waals surface area contributed by atoms with Crippen LogP contribution in [0.4, 0.5) is 15.8 Å². The largest absolute Gasteiger partial charge is 0.396 e. The number of anilines is 2. The Morgan fingerprint density at radius 1 is 1.10 bits per heavy atom.